The maximum Gasteiger partial charge on any atom is 0.232 e. The van der Waals surface area contributed by atoms with E-state index in [1.807, 2.05) is 6.92 Å². The zero-order valence-electron chi connectivity index (χ0n) is 11.0. The Labute approximate surface area is 116 Å². The minimum Gasteiger partial charge on any atom is -0.316 e. The van der Waals surface area contributed by atoms with Crippen molar-refractivity contribution in [3.05, 3.63) is 16.0 Å². The summed E-state index contributed by atoms with van der Waals surface area (Å²) in [6, 6.07) is 2.26. The van der Waals surface area contributed by atoms with Crippen LogP contribution in [-0.2, 0) is 17.6 Å². The summed E-state index contributed by atoms with van der Waals surface area (Å²) in [6.07, 6.45) is 4.00. The van der Waals surface area contributed by atoms with Crippen molar-refractivity contribution in [1.29, 1.82) is 5.26 Å². The SMILES string of the molecule is CC1(C(=O)Nc2sc3c(c2C#N)CCC3)CCNC1. The van der Waals surface area contributed by atoms with Gasteiger partial charge in [0.2, 0.25) is 5.91 Å². The highest BCUT2D eigenvalue weighted by Gasteiger charge is 2.37. The predicted octanol–water partition coefficient (Wildman–Crippen LogP) is 2.05. The molecule has 0 bridgehead atoms. The van der Waals surface area contributed by atoms with Gasteiger partial charge in [-0.05, 0) is 44.7 Å². The fourth-order valence-electron chi connectivity index (χ4n) is 2.88. The van der Waals surface area contributed by atoms with Crippen LogP contribution in [0, 0.1) is 16.7 Å². The van der Waals surface area contributed by atoms with Gasteiger partial charge in [0.25, 0.3) is 0 Å². The quantitative estimate of drug-likeness (QED) is 0.868. The van der Waals surface area contributed by atoms with E-state index in [0.717, 1.165) is 42.8 Å². The number of nitrogens with one attached hydrogen (secondary N) is 2. The highest BCUT2D eigenvalue weighted by atomic mass is 32.1. The molecule has 1 unspecified atom stereocenters. The minimum atomic E-state index is -0.346. The Morgan fingerprint density at radius 1 is 1.53 bits per heavy atom. The molecule has 4 nitrogen and oxygen atoms in total. The molecule has 1 fully saturated rings. The number of aryl methyl sites for hydroxylation is 1. The first-order chi connectivity index (χ1) is 9.14. The van der Waals surface area contributed by atoms with Crippen LogP contribution in [0.4, 0.5) is 5.00 Å². The third-order valence-electron chi connectivity index (χ3n) is 4.18. The summed E-state index contributed by atoms with van der Waals surface area (Å²) >= 11 is 1.58. The molecule has 0 saturated carbocycles. The van der Waals surface area contributed by atoms with Gasteiger partial charge in [0.05, 0.1) is 11.0 Å². The number of carbonyl (C=O) groups excluding carboxylic acids is 1. The van der Waals surface area contributed by atoms with Gasteiger partial charge in [-0.25, -0.2) is 0 Å². The van der Waals surface area contributed by atoms with Gasteiger partial charge in [0.1, 0.15) is 11.1 Å². The number of anilines is 1. The summed E-state index contributed by atoms with van der Waals surface area (Å²) in [4.78, 5) is 13.7. The van der Waals surface area contributed by atoms with Crippen LogP contribution in [-0.4, -0.2) is 19.0 Å². The van der Waals surface area contributed by atoms with E-state index in [9.17, 15) is 10.1 Å². The lowest BCUT2D eigenvalue weighted by Gasteiger charge is -2.21. The second-order valence-corrected chi connectivity index (χ2v) is 6.72. The molecule has 2 heterocycles. The van der Waals surface area contributed by atoms with E-state index in [0.29, 0.717) is 12.1 Å². The molecule has 19 heavy (non-hydrogen) atoms. The predicted molar refractivity (Wildman–Crippen MR) is 75.3 cm³/mol. The smallest absolute Gasteiger partial charge is 0.232 e. The maximum atomic E-state index is 12.4. The van der Waals surface area contributed by atoms with E-state index in [4.69, 9.17) is 0 Å². The summed E-state index contributed by atoms with van der Waals surface area (Å²) in [5, 5.41) is 16.3. The number of nitrogens with zero attached hydrogens (tertiary/aromatic N) is 1. The van der Waals surface area contributed by atoms with E-state index < -0.39 is 0 Å². The fourth-order valence-corrected chi connectivity index (χ4v) is 4.11. The van der Waals surface area contributed by atoms with Crippen LogP contribution in [0.5, 0.6) is 0 Å². The van der Waals surface area contributed by atoms with Gasteiger partial charge in [-0.2, -0.15) is 5.26 Å². The molecule has 1 amide bonds. The Morgan fingerprint density at radius 2 is 2.37 bits per heavy atom. The van der Waals surface area contributed by atoms with E-state index >= 15 is 0 Å². The van der Waals surface area contributed by atoms with Crippen molar-refractivity contribution < 1.29 is 4.79 Å². The molecule has 2 aliphatic rings. The van der Waals surface area contributed by atoms with Crippen LogP contribution >= 0.6 is 11.3 Å². The summed E-state index contributed by atoms with van der Waals surface area (Å²) in [5.41, 5.74) is 1.51. The highest BCUT2D eigenvalue weighted by molar-refractivity contribution is 7.16. The molecule has 1 saturated heterocycles. The van der Waals surface area contributed by atoms with Crippen molar-refractivity contribution in [1.82, 2.24) is 5.32 Å². The van der Waals surface area contributed by atoms with Crippen LogP contribution in [0.25, 0.3) is 0 Å². The number of amides is 1. The fraction of sp³-hybridized carbons (Fsp3) is 0.571. The summed E-state index contributed by atoms with van der Waals surface area (Å²) in [7, 11) is 0. The van der Waals surface area contributed by atoms with Crippen LogP contribution < -0.4 is 10.6 Å². The Bertz CT molecular complexity index is 564. The second-order valence-electron chi connectivity index (χ2n) is 5.61. The first kappa shape index (κ1) is 12.6. The molecular weight excluding hydrogens is 258 g/mol. The molecule has 1 aromatic heterocycles. The largest absolute Gasteiger partial charge is 0.316 e. The molecule has 100 valence electrons. The van der Waals surface area contributed by atoms with E-state index in [2.05, 4.69) is 16.7 Å². The number of carbonyl (C=O) groups is 1. The average Bonchev–Trinajstić information content (AvgIpc) is 3.05. The van der Waals surface area contributed by atoms with Gasteiger partial charge < -0.3 is 10.6 Å². The third kappa shape index (κ3) is 2.05. The van der Waals surface area contributed by atoms with Gasteiger partial charge in [0, 0.05) is 11.4 Å². The van der Waals surface area contributed by atoms with Gasteiger partial charge in [0.15, 0.2) is 0 Å². The van der Waals surface area contributed by atoms with Gasteiger partial charge in [-0.1, -0.05) is 0 Å². The van der Waals surface area contributed by atoms with E-state index in [-0.39, 0.29) is 11.3 Å². The first-order valence-electron chi connectivity index (χ1n) is 6.71. The standard InChI is InChI=1S/C14H17N3OS/c1-14(5-6-16-8-14)13(18)17-12-10(7-15)9-3-2-4-11(9)19-12/h16H,2-6,8H2,1H3,(H,17,18). The van der Waals surface area contributed by atoms with Crippen LogP contribution in [0.1, 0.15) is 35.8 Å². The summed E-state index contributed by atoms with van der Waals surface area (Å²) in [5.74, 6) is 0.0360. The lowest BCUT2D eigenvalue weighted by atomic mass is 9.89. The van der Waals surface area contributed by atoms with E-state index in [1.165, 1.54) is 4.88 Å². The molecule has 3 rings (SSSR count). The normalized spacial score (nSPS) is 25.1. The van der Waals surface area contributed by atoms with Crippen LogP contribution in [0.2, 0.25) is 0 Å². The monoisotopic (exact) mass is 275 g/mol. The topological polar surface area (TPSA) is 64.9 Å². The van der Waals surface area contributed by atoms with Crippen LogP contribution in [0.3, 0.4) is 0 Å². The summed E-state index contributed by atoms with van der Waals surface area (Å²) < 4.78 is 0. The zero-order chi connectivity index (χ0) is 13.5. The molecule has 0 spiro atoms. The average molecular weight is 275 g/mol. The third-order valence-corrected chi connectivity index (χ3v) is 5.38. The number of thiophene rings is 1. The van der Waals surface area contributed by atoms with Crippen molar-refractivity contribution >= 4 is 22.2 Å². The molecule has 0 aromatic carbocycles. The highest BCUT2D eigenvalue weighted by Crippen LogP contribution is 2.39. The minimum absolute atomic E-state index is 0.0360. The molecule has 1 aliphatic heterocycles. The van der Waals surface area contributed by atoms with Gasteiger partial charge >= 0.3 is 0 Å². The number of fused-ring (bicyclic) bond motifs is 1. The molecule has 5 heteroatoms. The molecule has 1 aliphatic carbocycles. The van der Waals surface area contributed by atoms with Gasteiger partial charge in [-0.3, -0.25) is 4.79 Å². The summed E-state index contributed by atoms with van der Waals surface area (Å²) in [6.45, 7) is 3.58. The lowest BCUT2D eigenvalue weighted by Crippen LogP contribution is -2.35. The Hall–Kier alpha value is -1.38. The van der Waals surface area contributed by atoms with E-state index in [1.54, 1.807) is 11.3 Å². The zero-order valence-corrected chi connectivity index (χ0v) is 11.8. The van der Waals surface area contributed by atoms with Crippen LogP contribution in [0.15, 0.2) is 0 Å². The Morgan fingerprint density at radius 3 is 3.05 bits per heavy atom. The van der Waals surface area contributed by atoms with Gasteiger partial charge in [-0.15, -0.1) is 11.3 Å². The van der Waals surface area contributed by atoms with Crippen molar-refractivity contribution in [2.75, 3.05) is 18.4 Å². The van der Waals surface area contributed by atoms with Crippen molar-refractivity contribution in [3.63, 3.8) is 0 Å². The molecule has 0 radical (unpaired) electrons. The molecule has 1 aromatic rings. The molecule has 2 N–H and O–H groups in total. The number of hydrogen-bond acceptors (Lipinski definition) is 4. The first-order valence-corrected chi connectivity index (χ1v) is 7.52. The second kappa shape index (κ2) is 4.62. The van der Waals surface area contributed by atoms with Crippen molar-refractivity contribution in [2.45, 2.75) is 32.6 Å². The van der Waals surface area contributed by atoms with Crippen molar-refractivity contribution in [2.24, 2.45) is 5.41 Å². The lowest BCUT2D eigenvalue weighted by molar-refractivity contribution is -0.123. The molecular formula is C14H17N3OS. The maximum absolute atomic E-state index is 12.4. The number of hydrogen-bond donors (Lipinski definition) is 2. The number of rotatable bonds is 2. The van der Waals surface area contributed by atoms with Crippen molar-refractivity contribution in [3.8, 4) is 6.07 Å². The molecule has 1 atom stereocenters. The Balaban J connectivity index is 1.84. The Kier molecular flexibility index (Phi) is 3.08. The number of nitriles is 1.